The van der Waals surface area contributed by atoms with Gasteiger partial charge in [0.1, 0.15) is 5.56 Å². The first-order chi connectivity index (χ1) is 5.61. The molecule has 2 N–H and O–H groups in total. The average Bonchev–Trinajstić information content (AvgIpc) is 2.04. The molecule has 63 valence electrons. The highest BCUT2D eigenvalue weighted by Crippen LogP contribution is 1.95. The first-order valence-corrected chi connectivity index (χ1v) is 3.56. The van der Waals surface area contributed by atoms with Gasteiger partial charge in [0.05, 0.1) is 0 Å². The molecule has 4 heteroatoms. The van der Waals surface area contributed by atoms with Gasteiger partial charge in [-0.15, -0.1) is 0 Å². The molecule has 0 bridgehead atoms. The number of nitrogens with one attached hydrogen (secondary N) is 1. The molecule has 0 aromatic carbocycles. The van der Waals surface area contributed by atoms with Gasteiger partial charge in [-0.2, -0.15) is 4.57 Å². The third-order valence-corrected chi connectivity index (χ3v) is 1.52. The highest BCUT2D eigenvalue weighted by atomic mass is 16.3. The number of pyridine rings is 1. The van der Waals surface area contributed by atoms with Gasteiger partial charge in [0, 0.05) is 13.0 Å². The minimum atomic E-state index is -0.745. The Morgan fingerprint density at radius 1 is 1.75 bits per heavy atom. The predicted molar refractivity (Wildman–Crippen MR) is 41.0 cm³/mol. The minimum Gasteiger partial charge on any atom is -0.337 e. The second-order valence-corrected chi connectivity index (χ2v) is 2.50. The highest BCUT2D eigenvalue weighted by molar-refractivity contribution is 5.91. The van der Waals surface area contributed by atoms with E-state index in [-0.39, 0.29) is 5.56 Å². The molecule has 1 radical (unpaired) electrons. The molecule has 1 atom stereocenters. The quantitative estimate of drug-likeness (QED) is 0.624. The van der Waals surface area contributed by atoms with E-state index in [0.717, 1.165) is 0 Å². The van der Waals surface area contributed by atoms with Crippen molar-refractivity contribution in [1.82, 2.24) is 5.73 Å². The van der Waals surface area contributed by atoms with Crippen LogP contribution in [0.4, 0.5) is 0 Å². The van der Waals surface area contributed by atoms with Crippen molar-refractivity contribution in [3.05, 3.63) is 30.1 Å². The molecule has 0 aliphatic heterocycles. The van der Waals surface area contributed by atoms with Crippen LogP contribution in [0, 0.1) is 0 Å². The van der Waals surface area contributed by atoms with Crippen LogP contribution in [0.1, 0.15) is 23.5 Å². The summed E-state index contributed by atoms with van der Waals surface area (Å²) in [5.41, 5.74) is 7.10. The number of rotatable bonds is 2. The van der Waals surface area contributed by atoms with Gasteiger partial charge in [0.15, 0.2) is 12.4 Å². The van der Waals surface area contributed by atoms with Crippen molar-refractivity contribution in [2.24, 2.45) is 0 Å². The third kappa shape index (κ3) is 1.79. The molecule has 12 heavy (non-hydrogen) atoms. The molecule has 0 spiro atoms. The summed E-state index contributed by atoms with van der Waals surface area (Å²) in [6.07, 6.45) is 2.40. The van der Waals surface area contributed by atoms with E-state index >= 15 is 0 Å². The Morgan fingerprint density at radius 2 is 2.42 bits per heavy atom. The first kappa shape index (κ1) is 8.67. The normalized spacial score (nSPS) is 12.5. The molecule has 0 saturated heterocycles. The van der Waals surface area contributed by atoms with Gasteiger partial charge >= 0.3 is 0 Å². The summed E-state index contributed by atoms with van der Waals surface area (Å²) >= 11 is 0. The zero-order valence-electron chi connectivity index (χ0n) is 6.69. The second kappa shape index (κ2) is 3.32. The summed E-state index contributed by atoms with van der Waals surface area (Å²) in [6.45, 7) is 1.58. The zero-order chi connectivity index (χ0) is 9.14. The van der Waals surface area contributed by atoms with Crippen LogP contribution in [0.15, 0.2) is 24.5 Å². The van der Waals surface area contributed by atoms with Crippen molar-refractivity contribution in [2.75, 3.05) is 0 Å². The number of nitrogens with zero attached hydrogens (tertiary/aromatic N) is 1. The van der Waals surface area contributed by atoms with Gasteiger partial charge in [-0.25, -0.2) is 0 Å². The number of aliphatic hydroxyl groups is 1. The largest absolute Gasteiger partial charge is 0.337 e. The lowest BCUT2D eigenvalue weighted by molar-refractivity contribution is -0.755. The number of carbonyl (C=O) groups is 1. The van der Waals surface area contributed by atoms with Crippen LogP contribution in [0.2, 0.25) is 0 Å². The number of hydrogen-bond acceptors (Lipinski definition) is 2. The van der Waals surface area contributed by atoms with Crippen molar-refractivity contribution in [1.29, 1.82) is 0 Å². The molecular formula is C8H10N2O2+. The first-order valence-electron chi connectivity index (χ1n) is 3.56. The minimum absolute atomic E-state index is 0.276. The van der Waals surface area contributed by atoms with E-state index in [9.17, 15) is 4.79 Å². The van der Waals surface area contributed by atoms with Crippen LogP contribution in [-0.4, -0.2) is 11.0 Å². The SMILES string of the molecule is CC(O)[n+]1cccc(C([NH])=O)c1. The summed E-state index contributed by atoms with van der Waals surface area (Å²) in [5.74, 6) is -0.745. The van der Waals surface area contributed by atoms with Gasteiger partial charge < -0.3 is 5.11 Å². The number of aromatic nitrogens is 1. The average molecular weight is 166 g/mol. The third-order valence-electron chi connectivity index (χ3n) is 1.52. The van der Waals surface area contributed by atoms with Gasteiger partial charge in [-0.3, -0.25) is 10.5 Å². The van der Waals surface area contributed by atoms with Gasteiger partial charge in [0.25, 0.3) is 12.1 Å². The van der Waals surface area contributed by atoms with Gasteiger partial charge in [-0.05, 0) is 6.07 Å². The van der Waals surface area contributed by atoms with E-state index in [2.05, 4.69) is 0 Å². The van der Waals surface area contributed by atoms with E-state index < -0.39 is 12.1 Å². The molecule has 4 nitrogen and oxygen atoms in total. The van der Waals surface area contributed by atoms with Crippen LogP contribution in [0.5, 0.6) is 0 Å². The number of amides is 1. The Balaban J connectivity index is 3.04. The van der Waals surface area contributed by atoms with E-state index in [1.807, 2.05) is 0 Å². The standard InChI is InChI=1S/C8H10N2O2/c1-6(11)10-4-2-3-7(5-10)8(9)12/h2-6,9,11H,1H3/q+1. The molecule has 0 saturated carbocycles. The summed E-state index contributed by atoms with van der Waals surface area (Å²) in [7, 11) is 0. The van der Waals surface area contributed by atoms with Crippen molar-refractivity contribution >= 4 is 5.91 Å². The molecular weight excluding hydrogens is 156 g/mol. The number of hydrogen-bond donors (Lipinski definition) is 1. The fraction of sp³-hybridized carbons (Fsp3) is 0.250. The lowest BCUT2D eigenvalue weighted by Gasteiger charge is -1.98. The monoisotopic (exact) mass is 166 g/mol. The summed E-state index contributed by atoms with van der Waals surface area (Å²) in [5, 5.41) is 9.12. The molecule has 1 amide bonds. The summed E-state index contributed by atoms with van der Waals surface area (Å²) in [6, 6.07) is 3.16. The lowest BCUT2D eigenvalue weighted by Crippen LogP contribution is -2.37. The fourth-order valence-corrected chi connectivity index (χ4v) is 0.859. The molecule has 0 aliphatic carbocycles. The molecule has 1 rings (SSSR count). The van der Waals surface area contributed by atoms with E-state index in [4.69, 9.17) is 10.8 Å². The van der Waals surface area contributed by atoms with Crippen LogP contribution in [0.25, 0.3) is 0 Å². The van der Waals surface area contributed by atoms with Crippen LogP contribution >= 0.6 is 0 Å². The maximum Gasteiger partial charge on any atom is 0.275 e. The summed E-state index contributed by atoms with van der Waals surface area (Å²) < 4.78 is 1.46. The number of aliphatic hydroxyl groups excluding tert-OH is 1. The van der Waals surface area contributed by atoms with E-state index in [1.54, 1.807) is 19.2 Å². The Bertz CT molecular complexity index is 297. The maximum atomic E-state index is 10.6. The smallest absolute Gasteiger partial charge is 0.275 e. The topological polar surface area (TPSA) is 65.0 Å². The molecule has 1 aromatic heterocycles. The second-order valence-electron chi connectivity index (χ2n) is 2.50. The Hall–Kier alpha value is -1.42. The molecule has 1 aromatic rings. The van der Waals surface area contributed by atoms with Crippen LogP contribution in [0.3, 0.4) is 0 Å². The van der Waals surface area contributed by atoms with Crippen molar-refractivity contribution < 1.29 is 14.5 Å². The van der Waals surface area contributed by atoms with Crippen molar-refractivity contribution in [3.8, 4) is 0 Å². The van der Waals surface area contributed by atoms with Crippen LogP contribution in [-0.2, 0) is 0 Å². The van der Waals surface area contributed by atoms with Gasteiger partial charge in [0.2, 0.25) is 0 Å². The van der Waals surface area contributed by atoms with E-state index in [0.29, 0.717) is 0 Å². The van der Waals surface area contributed by atoms with Crippen molar-refractivity contribution in [2.45, 2.75) is 13.2 Å². The molecule has 1 unspecified atom stereocenters. The molecule has 1 heterocycles. The summed E-state index contributed by atoms with van der Waals surface area (Å²) in [4.78, 5) is 10.6. The molecule has 0 aliphatic rings. The van der Waals surface area contributed by atoms with E-state index in [1.165, 1.54) is 16.8 Å². The zero-order valence-corrected chi connectivity index (χ0v) is 6.69. The lowest BCUT2D eigenvalue weighted by atomic mass is 10.3. The maximum absolute atomic E-state index is 10.6. The van der Waals surface area contributed by atoms with Crippen molar-refractivity contribution in [3.63, 3.8) is 0 Å². The molecule has 0 fully saturated rings. The predicted octanol–water partition coefficient (Wildman–Crippen LogP) is -0.0920. The number of carbonyl (C=O) groups excluding carboxylic acids is 1. The Kier molecular flexibility index (Phi) is 2.40. The van der Waals surface area contributed by atoms with Gasteiger partial charge in [-0.1, -0.05) is 0 Å². The Labute approximate surface area is 70.3 Å². The highest BCUT2D eigenvalue weighted by Gasteiger charge is 2.10. The van der Waals surface area contributed by atoms with Crippen LogP contribution < -0.4 is 10.3 Å². The fourth-order valence-electron chi connectivity index (χ4n) is 0.859. The Morgan fingerprint density at radius 3 is 2.92 bits per heavy atom.